The number of halogens is 1. The summed E-state index contributed by atoms with van der Waals surface area (Å²) in [5.74, 6) is 0.461. The summed E-state index contributed by atoms with van der Waals surface area (Å²) in [6.45, 7) is 1.28. The molecule has 0 radical (unpaired) electrons. The maximum atomic E-state index is 6.19. The van der Waals surface area contributed by atoms with Gasteiger partial charge in [-0.2, -0.15) is 5.10 Å². The number of fused-ring (bicyclic) bond motifs is 1. The van der Waals surface area contributed by atoms with Gasteiger partial charge >= 0.3 is 0 Å². The van der Waals surface area contributed by atoms with Crippen LogP contribution in [0.25, 0.3) is 0 Å². The van der Waals surface area contributed by atoms with Gasteiger partial charge < -0.3 is 11.1 Å². The number of nitrogens with zero attached hydrogens (tertiary/aromatic N) is 3. The lowest BCUT2D eigenvalue weighted by atomic mass is 9.90. The number of aromatic nitrogens is 2. The molecule has 1 aliphatic rings. The molecule has 1 aromatic heterocycles. The third kappa shape index (κ3) is 4.92. The van der Waals surface area contributed by atoms with Crippen molar-refractivity contribution in [3.63, 3.8) is 0 Å². The van der Waals surface area contributed by atoms with Gasteiger partial charge in [0.05, 0.1) is 13.1 Å². The fraction of sp³-hybridized carbons (Fsp3) is 0.273. The maximum Gasteiger partial charge on any atom is 0.193 e. The number of hydrogen-bond donors (Lipinski definition) is 2. The molecule has 3 aromatic rings. The molecule has 0 bridgehead atoms. The predicted octanol–water partition coefficient (Wildman–Crippen LogP) is 4.36. The number of aryl methyl sites for hydroxylation is 1. The molecule has 0 saturated carbocycles. The number of hydrogen-bond acceptors (Lipinski definition) is 2. The summed E-state index contributed by atoms with van der Waals surface area (Å²) in [5, 5.41) is 7.60. The van der Waals surface area contributed by atoms with Crippen LogP contribution in [-0.4, -0.2) is 15.7 Å². The van der Waals surface area contributed by atoms with E-state index in [1.807, 2.05) is 29.1 Å². The van der Waals surface area contributed by atoms with E-state index < -0.39 is 0 Å². The van der Waals surface area contributed by atoms with E-state index in [4.69, 9.17) is 5.73 Å². The molecule has 6 heteroatoms. The van der Waals surface area contributed by atoms with Gasteiger partial charge in [-0.05, 0) is 60.1 Å². The van der Waals surface area contributed by atoms with Gasteiger partial charge in [0, 0.05) is 18.1 Å². The summed E-state index contributed by atoms with van der Waals surface area (Å²) < 4.78 is 1.92. The van der Waals surface area contributed by atoms with Gasteiger partial charge in [-0.1, -0.05) is 36.4 Å². The van der Waals surface area contributed by atoms with E-state index in [2.05, 4.69) is 45.7 Å². The number of nitrogens with two attached hydrogens (primary N) is 1. The van der Waals surface area contributed by atoms with Crippen molar-refractivity contribution in [2.24, 2.45) is 10.7 Å². The second kappa shape index (κ2) is 9.73. The van der Waals surface area contributed by atoms with E-state index in [9.17, 15) is 0 Å². The molecule has 0 saturated heterocycles. The van der Waals surface area contributed by atoms with Crippen LogP contribution in [0.5, 0.6) is 0 Å². The van der Waals surface area contributed by atoms with Gasteiger partial charge in [0.15, 0.2) is 5.96 Å². The Kier molecular flexibility index (Phi) is 7.08. The van der Waals surface area contributed by atoms with Gasteiger partial charge in [-0.15, -0.1) is 24.0 Å². The minimum atomic E-state index is 0. The van der Waals surface area contributed by atoms with E-state index in [-0.39, 0.29) is 24.0 Å². The summed E-state index contributed by atoms with van der Waals surface area (Å²) in [4.78, 5) is 4.58. The molecular weight excluding hydrogens is 461 g/mol. The first kappa shape index (κ1) is 20.4. The topological polar surface area (TPSA) is 68.2 Å². The molecule has 2 aromatic carbocycles. The average molecular weight is 487 g/mol. The smallest absolute Gasteiger partial charge is 0.193 e. The van der Waals surface area contributed by atoms with Crippen LogP contribution in [0.1, 0.15) is 35.1 Å². The van der Waals surface area contributed by atoms with Crippen molar-refractivity contribution in [1.82, 2.24) is 9.78 Å². The lowest BCUT2D eigenvalue weighted by Gasteiger charge is -2.19. The molecule has 4 rings (SSSR count). The number of guanidine groups is 1. The SMILES string of the molecule is I.NC(=NCc1ccccc1Cn1cccn1)Nc1cccc2c1CCCC2. The Labute approximate surface area is 183 Å². The fourth-order valence-corrected chi connectivity index (χ4v) is 3.68. The molecule has 0 fully saturated rings. The molecule has 0 atom stereocenters. The zero-order valence-electron chi connectivity index (χ0n) is 15.8. The van der Waals surface area contributed by atoms with Crippen LogP contribution in [0.3, 0.4) is 0 Å². The van der Waals surface area contributed by atoms with Crippen LogP contribution in [0.15, 0.2) is 65.9 Å². The minimum absolute atomic E-state index is 0. The Morgan fingerprint density at radius 1 is 1.04 bits per heavy atom. The van der Waals surface area contributed by atoms with Crippen LogP contribution in [-0.2, 0) is 25.9 Å². The van der Waals surface area contributed by atoms with Crippen LogP contribution >= 0.6 is 24.0 Å². The Morgan fingerprint density at radius 3 is 2.68 bits per heavy atom. The van der Waals surface area contributed by atoms with Crippen molar-refractivity contribution >= 4 is 35.6 Å². The van der Waals surface area contributed by atoms with E-state index in [1.165, 1.54) is 29.5 Å². The highest BCUT2D eigenvalue weighted by atomic mass is 127. The number of anilines is 1. The van der Waals surface area contributed by atoms with Crippen molar-refractivity contribution < 1.29 is 0 Å². The first-order valence-corrected chi connectivity index (χ1v) is 9.51. The molecule has 0 aliphatic heterocycles. The lowest BCUT2D eigenvalue weighted by Crippen LogP contribution is -2.24. The molecule has 28 heavy (non-hydrogen) atoms. The molecule has 3 N–H and O–H groups in total. The van der Waals surface area contributed by atoms with Crippen molar-refractivity contribution in [2.75, 3.05) is 5.32 Å². The number of nitrogens with one attached hydrogen (secondary N) is 1. The van der Waals surface area contributed by atoms with Gasteiger partial charge in [-0.25, -0.2) is 4.99 Å². The quantitative estimate of drug-likeness (QED) is 0.320. The number of aliphatic imine (C=N–C) groups is 1. The Balaban J connectivity index is 0.00000225. The van der Waals surface area contributed by atoms with Crippen LogP contribution in [0, 0.1) is 0 Å². The molecule has 5 nitrogen and oxygen atoms in total. The van der Waals surface area contributed by atoms with Gasteiger partial charge in [0.1, 0.15) is 0 Å². The molecule has 0 spiro atoms. The summed E-state index contributed by atoms with van der Waals surface area (Å²) in [7, 11) is 0. The summed E-state index contributed by atoms with van der Waals surface area (Å²) in [6.07, 6.45) is 8.54. The molecule has 1 heterocycles. The fourth-order valence-electron chi connectivity index (χ4n) is 3.68. The summed E-state index contributed by atoms with van der Waals surface area (Å²) >= 11 is 0. The highest BCUT2D eigenvalue weighted by molar-refractivity contribution is 14.0. The molecule has 1 aliphatic carbocycles. The standard InChI is InChI=1S/C22H25N5.HI/c23-22(26-21-12-5-10-17-7-3-4-11-20(17)21)24-15-18-8-1-2-9-19(18)16-27-14-6-13-25-27;/h1-2,5-6,8-10,12-14H,3-4,7,11,15-16H2,(H3,23,24,26);1H. The Bertz CT molecular complexity index is 934. The van der Waals surface area contributed by atoms with Crippen molar-refractivity contribution in [2.45, 2.75) is 38.8 Å². The molecular formula is C22H26IN5. The summed E-state index contributed by atoms with van der Waals surface area (Å²) in [5.41, 5.74) is 12.5. The number of rotatable bonds is 5. The van der Waals surface area contributed by atoms with E-state index in [0.717, 1.165) is 30.6 Å². The highest BCUT2D eigenvalue weighted by Crippen LogP contribution is 2.27. The van der Waals surface area contributed by atoms with Gasteiger partial charge in [0.2, 0.25) is 0 Å². The maximum absolute atomic E-state index is 6.19. The molecule has 146 valence electrons. The first-order chi connectivity index (χ1) is 13.3. The van der Waals surface area contributed by atoms with Gasteiger partial charge in [-0.3, -0.25) is 4.68 Å². The normalized spacial score (nSPS) is 13.5. The lowest BCUT2D eigenvalue weighted by molar-refractivity contribution is 0.681. The Hall–Kier alpha value is -2.35. The van der Waals surface area contributed by atoms with Crippen LogP contribution in [0.2, 0.25) is 0 Å². The second-order valence-electron chi connectivity index (χ2n) is 6.95. The van der Waals surface area contributed by atoms with Crippen LogP contribution in [0.4, 0.5) is 5.69 Å². The monoisotopic (exact) mass is 487 g/mol. The zero-order chi connectivity index (χ0) is 18.5. The number of benzene rings is 2. The average Bonchev–Trinajstić information content (AvgIpc) is 3.21. The van der Waals surface area contributed by atoms with E-state index in [0.29, 0.717) is 12.5 Å². The Morgan fingerprint density at radius 2 is 1.86 bits per heavy atom. The van der Waals surface area contributed by atoms with Gasteiger partial charge in [0.25, 0.3) is 0 Å². The minimum Gasteiger partial charge on any atom is -0.370 e. The molecule has 0 unspecified atom stereocenters. The van der Waals surface area contributed by atoms with Crippen molar-refractivity contribution in [3.05, 3.63) is 83.2 Å². The third-order valence-electron chi connectivity index (χ3n) is 5.09. The predicted molar refractivity (Wildman–Crippen MR) is 125 cm³/mol. The highest BCUT2D eigenvalue weighted by Gasteiger charge is 2.13. The van der Waals surface area contributed by atoms with Crippen LogP contribution < -0.4 is 11.1 Å². The first-order valence-electron chi connectivity index (χ1n) is 9.51. The van der Waals surface area contributed by atoms with Crippen molar-refractivity contribution in [3.8, 4) is 0 Å². The largest absolute Gasteiger partial charge is 0.370 e. The van der Waals surface area contributed by atoms with Crippen molar-refractivity contribution in [1.29, 1.82) is 0 Å². The third-order valence-corrected chi connectivity index (χ3v) is 5.09. The second-order valence-corrected chi connectivity index (χ2v) is 6.95. The summed E-state index contributed by atoms with van der Waals surface area (Å²) in [6, 6.07) is 16.6. The van der Waals surface area contributed by atoms with E-state index in [1.54, 1.807) is 6.20 Å². The molecule has 0 amide bonds. The zero-order valence-corrected chi connectivity index (χ0v) is 18.2. The van der Waals surface area contributed by atoms with E-state index >= 15 is 0 Å².